The topological polar surface area (TPSA) is 42.0 Å². The maximum Gasteiger partial charge on any atom is 0.224 e. The Hall–Kier alpha value is -0.800. The average Bonchev–Trinajstić information content (AvgIpc) is 2.26. The number of amides is 1. The summed E-state index contributed by atoms with van der Waals surface area (Å²) < 4.78 is 0. The maximum atomic E-state index is 11.4. The second-order valence-corrected chi connectivity index (χ2v) is 3.60. The van der Waals surface area contributed by atoms with Crippen molar-refractivity contribution in [2.75, 3.05) is 5.32 Å². The summed E-state index contributed by atoms with van der Waals surface area (Å²) in [5.41, 5.74) is 0.776. The van der Waals surface area contributed by atoms with Gasteiger partial charge in [-0.1, -0.05) is 26.2 Å². The highest BCUT2D eigenvalue weighted by molar-refractivity contribution is 5.90. The van der Waals surface area contributed by atoms with Crippen molar-refractivity contribution in [3.8, 4) is 0 Å². The fourth-order valence-electron chi connectivity index (χ4n) is 1.37. The van der Waals surface area contributed by atoms with Gasteiger partial charge in [0.05, 0.1) is 11.9 Å². The number of aromatic nitrogens is 1. The highest BCUT2D eigenvalue weighted by Gasteiger charge is 2.01. The molecule has 0 aliphatic rings. The number of anilines is 1. The molecule has 1 heterocycles. The van der Waals surface area contributed by atoms with Gasteiger partial charge in [0.1, 0.15) is 0 Å². The summed E-state index contributed by atoms with van der Waals surface area (Å²) in [7, 11) is 0. The molecule has 1 amide bonds. The van der Waals surface area contributed by atoms with Gasteiger partial charge in [0.15, 0.2) is 0 Å². The van der Waals surface area contributed by atoms with E-state index in [1.165, 1.54) is 12.8 Å². The third-order valence-electron chi connectivity index (χ3n) is 2.20. The van der Waals surface area contributed by atoms with Gasteiger partial charge in [-0.3, -0.25) is 9.78 Å². The van der Waals surface area contributed by atoms with E-state index in [0.717, 1.165) is 18.5 Å². The fourth-order valence-corrected chi connectivity index (χ4v) is 1.37. The van der Waals surface area contributed by atoms with Gasteiger partial charge in [0.2, 0.25) is 5.91 Å². The van der Waals surface area contributed by atoms with Crippen molar-refractivity contribution >= 4 is 36.4 Å². The second kappa shape index (κ2) is 11.7. The smallest absolute Gasteiger partial charge is 0.224 e. The first kappa shape index (κ1) is 18.6. The van der Waals surface area contributed by atoms with Crippen LogP contribution in [0.1, 0.15) is 39.0 Å². The van der Waals surface area contributed by atoms with Crippen LogP contribution in [-0.2, 0) is 4.79 Å². The molecule has 98 valence electrons. The van der Waals surface area contributed by atoms with Gasteiger partial charge in [-0.05, 0) is 18.6 Å². The van der Waals surface area contributed by atoms with E-state index < -0.39 is 0 Å². The maximum absolute atomic E-state index is 11.4. The number of unbranched alkanes of at least 4 members (excludes halogenated alkanes) is 3. The summed E-state index contributed by atoms with van der Waals surface area (Å²) >= 11 is 0. The molecular formula is C12H20Cl2N2O. The van der Waals surface area contributed by atoms with E-state index in [9.17, 15) is 4.79 Å². The normalized spacial score (nSPS) is 8.76. The van der Waals surface area contributed by atoms with E-state index in [0.29, 0.717) is 6.42 Å². The predicted molar refractivity (Wildman–Crippen MR) is 76.1 cm³/mol. The Bertz CT molecular complexity index is 294. The number of carbonyl (C=O) groups excluding carboxylic acids is 1. The molecule has 0 aromatic carbocycles. The molecule has 0 bridgehead atoms. The van der Waals surface area contributed by atoms with Crippen molar-refractivity contribution < 1.29 is 4.79 Å². The van der Waals surface area contributed by atoms with Gasteiger partial charge in [-0.2, -0.15) is 0 Å². The van der Waals surface area contributed by atoms with Crippen LogP contribution in [0.25, 0.3) is 0 Å². The highest BCUT2D eigenvalue weighted by atomic mass is 35.5. The van der Waals surface area contributed by atoms with Gasteiger partial charge >= 0.3 is 0 Å². The number of pyridine rings is 1. The molecule has 17 heavy (non-hydrogen) atoms. The Morgan fingerprint density at radius 3 is 2.65 bits per heavy atom. The summed E-state index contributed by atoms with van der Waals surface area (Å²) in [5.74, 6) is 0.0825. The van der Waals surface area contributed by atoms with Crippen LogP contribution in [0.15, 0.2) is 24.5 Å². The van der Waals surface area contributed by atoms with E-state index in [1.807, 2.05) is 12.1 Å². The van der Waals surface area contributed by atoms with Crippen molar-refractivity contribution in [2.24, 2.45) is 0 Å². The summed E-state index contributed by atoms with van der Waals surface area (Å²) in [6, 6.07) is 3.66. The Kier molecular flexibility index (Phi) is 12.8. The molecule has 0 saturated heterocycles. The summed E-state index contributed by atoms with van der Waals surface area (Å²) in [6.45, 7) is 2.16. The fraction of sp³-hybridized carbons (Fsp3) is 0.500. The third-order valence-corrected chi connectivity index (χ3v) is 2.20. The van der Waals surface area contributed by atoms with Crippen LogP contribution in [-0.4, -0.2) is 10.9 Å². The quantitative estimate of drug-likeness (QED) is 0.804. The van der Waals surface area contributed by atoms with Gasteiger partial charge in [0.25, 0.3) is 0 Å². The minimum Gasteiger partial charge on any atom is -0.325 e. The number of rotatable bonds is 6. The Morgan fingerprint density at radius 1 is 1.29 bits per heavy atom. The minimum absolute atomic E-state index is 0. The van der Waals surface area contributed by atoms with Crippen LogP contribution >= 0.6 is 24.8 Å². The molecular weight excluding hydrogens is 259 g/mol. The first-order chi connectivity index (χ1) is 7.33. The van der Waals surface area contributed by atoms with Gasteiger partial charge in [0, 0.05) is 12.6 Å². The average molecular weight is 279 g/mol. The lowest BCUT2D eigenvalue weighted by molar-refractivity contribution is -0.116. The molecule has 0 fully saturated rings. The largest absolute Gasteiger partial charge is 0.325 e. The molecule has 0 atom stereocenters. The molecule has 0 aliphatic heterocycles. The van der Waals surface area contributed by atoms with Crippen molar-refractivity contribution in [1.29, 1.82) is 0 Å². The first-order valence-electron chi connectivity index (χ1n) is 5.53. The van der Waals surface area contributed by atoms with E-state index in [2.05, 4.69) is 17.2 Å². The highest BCUT2D eigenvalue weighted by Crippen LogP contribution is 2.06. The van der Waals surface area contributed by atoms with Gasteiger partial charge in [-0.25, -0.2) is 0 Å². The van der Waals surface area contributed by atoms with Crippen LogP contribution in [0.4, 0.5) is 5.69 Å². The molecule has 1 aromatic rings. The van der Waals surface area contributed by atoms with Crippen molar-refractivity contribution in [2.45, 2.75) is 39.0 Å². The molecule has 5 heteroatoms. The van der Waals surface area contributed by atoms with Gasteiger partial charge in [-0.15, -0.1) is 24.8 Å². The molecule has 1 N–H and O–H groups in total. The molecule has 0 spiro atoms. The number of carbonyl (C=O) groups is 1. The van der Waals surface area contributed by atoms with Crippen molar-refractivity contribution in [3.63, 3.8) is 0 Å². The van der Waals surface area contributed by atoms with E-state index in [1.54, 1.807) is 12.4 Å². The van der Waals surface area contributed by atoms with Crippen molar-refractivity contribution in [1.82, 2.24) is 4.98 Å². The molecule has 0 radical (unpaired) electrons. The Balaban J connectivity index is 0. The number of halogens is 2. The SMILES string of the molecule is CCCCCCC(=O)Nc1cccnc1.Cl.Cl. The summed E-state index contributed by atoms with van der Waals surface area (Å²) in [6.07, 6.45) is 8.47. The lowest BCUT2D eigenvalue weighted by atomic mass is 10.1. The summed E-state index contributed by atoms with van der Waals surface area (Å²) in [5, 5.41) is 2.82. The van der Waals surface area contributed by atoms with Gasteiger partial charge < -0.3 is 5.32 Å². The molecule has 0 saturated carbocycles. The second-order valence-electron chi connectivity index (χ2n) is 3.60. The lowest BCUT2D eigenvalue weighted by Crippen LogP contribution is -2.10. The van der Waals surface area contributed by atoms with Crippen LogP contribution < -0.4 is 5.32 Å². The zero-order valence-electron chi connectivity index (χ0n) is 10.0. The van der Waals surface area contributed by atoms with E-state index >= 15 is 0 Å². The van der Waals surface area contributed by atoms with E-state index in [4.69, 9.17) is 0 Å². The minimum atomic E-state index is 0. The standard InChI is InChI=1S/C12H18N2O.2ClH/c1-2-3-4-5-8-12(15)14-11-7-6-9-13-10-11;;/h6-7,9-10H,2-5,8H2,1H3,(H,14,15);2*1H. The zero-order valence-corrected chi connectivity index (χ0v) is 11.6. The Labute approximate surface area is 115 Å². The molecule has 0 unspecified atom stereocenters. The van der Waals surface area contributed by atoms with Crippen LogP contribution in [0.3, 0.4) is 0 Å². The van der Waals surface area contributed by atoms with E-state index in [-0.39, 0.29) is 30.7 Å². The molecule has 1 aromatic heterocycles. The lowest BCUT2D eigenvalue weighted by Gasteiger charge is -2.03. The van der Waals surface area contributed by atoms with Crippen LogP contribution in [0.5, 0.6) is 0 Å². The number of hydrogen-bond donors (Lipinski definition) is 1. The van der Waals surface area contributed by atoms with Crippen LogP contribution in [0.2, 0.25) is 0 Å². The first-order valence-corrected chi connectivity index (χ1v) is 5.53. The van der Waals surface area contributed by atoms with Crippen LogP contribution in [0, 0.1) is 0 Å². The number of nitrogens with one attached hydrogen (secondary N) is 1. The molecule has 1 rings (SSSR count). The monoisotopic (exact) mass is 278 g/mol. The number of nitrogens with zero attached hydrogens (tertiary/aromatic N) is 1. The third kappa shape index (κ3) is 8.95. The zero-order chi connectivity index (χ0) is 10.9. The molecule has 3 nitrogen and oxygen atoms in total. The Morgan fingerprint density at radius 2 is 2.06 bits per heavy atom. The summed E-state index contributed by atoms with van der Waals surface area (Å²) in [4.78, 5) is 15.4. The van der Waals surface area contributed by atoms with Crippen molar-refractivity contribution in [3.05, 3.63) is 24.5 Å². The predicted octanol–water partition coefficient (Wildman–Crippen LogP) is 3.83. The molecule has 0 aliphatic carbocycles. The number of hydrogen-bond acceptors (Lipinski definition) is 2.